The number of rotatable bonds is 9. The molecule has 0 atom stereocenters. The largest absolute Gasteiger partial charge is 0.491 e. The second-order valence-electron chi connectivity index (χ2n) is 7.01. The highest BCUT2D eigenvalue weighted by molar-refractivity contribution is 6.00. The van der Waals surface area contributed by atoms with Crippen molar-refractivity contribution in [3.8, 4) is 5.75 Å². The Hall–Kier alpha value is -3.35. The van der Waals surface area contributed by atoms with Gasteiger partial charge in [-0.2, -0.15) is 0 Å². The molecule has 0 radical (unpaired) electrons. The number of hydrogen-bond acceptors (Lipinski definition) is 5. The second-order valence-corrected chi connectivity index (χ2v) is 7.01. The molecule has 3 rings (SSSR count). The van der Waals surface area contributed by atoms with Gasteiger partial charge in [0, 0.05) is 23.8 Å². The van der Waals surface area contributed by atoms with Crippen LogP contribution in [0.25, 0.3) is 10.9 Å². The standard InChI is InChI=1S/C23H27N3O4/c1-4-8-17-19(23(28)29-3)15(2)26-21(17)22(27)25-13-7-14-30-18-11-5-9-16-10-6-12-24-20(16)18/h5-6,9-12,26H,4,7-8,13-14H2,1-3H3,(H,25,27). The molecule has 30 heavy (non-hydrogen) atoms. The number of ether oxygens (including phenoxy) is 2. The van der Waals surface area contributed by atoms with Crippen LogP contribution in [0.4, 0.5) is 0 Å². The lowest BCUT2D eigenvalue weighted by molar-refractivity contribution is 0.0599. The Bertz CT molecular complexity index is 1040. The Morgan fingerprint density at radius 1 is 1.20 bits per heavy atom. The maximum Gasteiger partial charge on any atom is 0.339 e. The van der Waals surface area contributed by atoms with Crippen LogP contribution in [-0.2, 0) is 11.2 Å². The Morgan fingerprint density at radius 2 is 2.00 bits per heavy atom. The summed E-state index contributed by atoms with van der Waals surface area (Å²) in [6.45, 7) is 4.68. The number of esters is 1. The predicted octanol–water partition coefficient (Wildman–Crippen LogP) is 3.81. The fraction of sp³-hybridized carbons (Fsp3) is 0.348. The first-order valence-corrected chi connectivity index (χ1v) is 10.1. The van der Waals surface area contributed by atoms with Crippen LogP contribution < -0.4 is 10.1 Å². The second kappa shape index (κ2) is 9.91. The minimum atomic E-state index is -0.427. The lowest BCUT2D eigenvalue weighted by Gasteiger charge is -2.10. The topological polar surface area (TPSA) is 93.3 Å². The molecule has 2 heterocycles. The van der Waals surface area contributed by atoms with E-state index in [4.69, 9.17) is 9.47 Å². The Morgan fingerprint density at radius 3 is 2.77 bits per heavy atom. The van der Waals surface area contributed by atoms with Gasteiger partial charge in [-0.05, 0) is 37.5 Å². The number of nitrogens with zero attached hydrogens (tertiary/aromatic N) is 1. The smallest absolute Gasteiger partial charge is 0.339 e. The van der Waals surface area contributed by atoms with Crippen molar-refractivity contribution in [2.45, 2.75) is 33.1 Å². The van der Waals surface area contributed by atoms with Gasteiger partial charge >= 0.3 is 5.97 Å². The molecule has 7 heteroatoms. The SMILES string of the molecule is CCCc1c(C(=O)NCCCOc2cccc3cccnc23)[nH]c(C)c1C(=O)OC. The molecule has 0 unspecified atom stereocenters. The zero-order chi connectivity index (χ0) is 21.5. The van der Waals surface area contributed by atoms with E-state index in [1.165, 1.54) is 7.11 Å². The first kappa shape index (κ1) is 21.4. The summed E-state index contributed by atoms with van der Waals surface area (Å²) in [7, 11) is 1.34. The third-order valence-corrected chi connectivity index (χ3v) is 4.87. The summed E-state index contributed by atoms with van der Waals surface area (Å²) < 4.78 is 10.7. The number of H-pyrrole nitrogens is 1. The zero-order valence-electron chi connectivity index (χ0n) is 17.6. The average molecular weight is 409 g/mol. The maximum absolute atomic E-state index is 12.7. The summed E-state index contributed by atoms with van der Waals surface area (Å²) in [5, 5.41) is 3.92. The van der Waals surface area contributed by atoms with Crippen molar-refractivity contribution in [1.29, 1.82) is 0 Å². The van der Waals surface area contributed by atoms with E-state index in [9.17, 15) is 9.59 Å². The van der Waals surface area contributed by atoms with Gasteiger partial charge in [-0.25, -0.2) is 4.79 Å². The summed E-state index contributed by atoms with van der Waals surface area (Å²) in [4.78, 5) is 32.2. The third kappa shape index (κ3) is 4.62. The zero-order valence-corrected chi connectivity index (χ0v) is 17.6. The number of methoxy groups -OCH3 is 1. The Labute approximate surface area is 175 Å². The van der Waals surface area contributed by atoms with Gasteiger partial charge in [0.05, 0.1) is 19.3 Å². The molecular formula is C23H27N3O4. The van der Waals surface area contributed by atoms with Crippen molar-refractivity contribution in [2.75, 3.05) is 20.3 Å². The quantitative estimate of drug-likeness (QED) is 0.414. The number of aromatic amines is 1. The summed E-state index contributed by atoms with van der Waals surface area (Å²) in [6, 6.07) is 9.70. The van der Waals surface area contributed by atoms with Gasteiger partial charge in [0.25, 0.3) is 5.91 Å². The van der Waals surface area contributed by atoms with Gasteiger partial charge < -0.3 is 19.8 Å². The summed E-state index contributed by atoms with van der Waals surface area (Å²) in [6.07, 6.45) is 3.81. The third-order valence-electron chi connectivity index (χ3n) is 4.87. The molecule has 2 N–H and O–H groups in total. The highest BCUT2D eigenvalue weighted by Gasteiger charge is 2.24. The van der Waals surface area contributed by atoms with Crippen LogP contribution >= 0.6 is 0 Å². The number of fused-ring (bicyclic) bond motifs is 1. The highest BCUT2D eigenvalue weighted by atomic mass is 16.5. The molecular weight excluding hydrogens is 382 g/mol. The molecule has 1 aromatic carbocycles. The van der Waals surface area contributed by atoms with Crippen LogP contribution in [0.3, 0.4) is 0 Å². The van der Waals surface area contributed by atoms with Gasteiger partial charge in [-0.15, -0.1) is 0 Å². The van der Waals surface area contributed by atoms with Crippen LogP contribution in [0, 0.1) is 6.92 Å². The van der Waals surface area contributed by atoms with E-state index in [1.807, 2.05) is 37.3 Å². The summed E-state index contributed by atoms with van der Waals surface area (Å²) >= 11 is 0. The highest BCUT2D eigenvalue weighted by Crippen LogP contribution is 2.23. The molecule has 0 spiro atoms. The van der Waals surface area contributed by atoms with Crippen LogP contribution in [-0.4, -0.2) is 42.1 Å². The number of nitrogens with one attached hydrogen (secondary N) is 2. The van der Waals surface area contributed by atoms with E-state index in [1.54, 1.807) is 13.1 Å². The number of para-hydroxylation sites is 1. The van der Waals surface area contributed by atoms with Gasteiger partial charge in [0.2, 0.25) is 0 Å². The van der Waals surface area contributed by atoms with Gasteiger partial charge in [-0.1, -0.05) is 31.5 Å². The van der Waals surface area contributed by atoms with Crippen molar-refractivity contribution < 1.29 is 19.1 Å². The van der Waals surface area contributed by atoms with E-state index in [0.717, 1.165) is 23.1 Å². The number of hydrogen-bond donors (Lipinski definition) is 2. The number of carbonyl (C=O) groups excluding carboxylic acids is 2. The maximum atomic E-state index is 12.7. The minimum Gasteiger partial charge on any atom is -0.491 e. The number of amides is 1. The minimum absolute atomic E-state index is 0.233. The molecule has 1 amide bonds. The number of aromatic nitrogens is 2. The number of aryl methyl sites for hydroxylation is 1. The van der Waals surface area contributed by atoms with Gasteiger partial charge in [-0.3, -0.25) is 9.78 Å². The summed E-state index contributed by atoms with van der Waals surface area (Å²) in [5.41, 5.74) is 3.05. The number of pyridine rings is 1. The van der Waals surface area contributed by atoms with Crippen molar-refractivity contribution in [1.82, 2.24) is 15.3 Å². The number of carbonyl (C=O) groups is 2. The lowest BCUT2D eigenvalue weighted by Crippen LogP contribution is -2.27. The first-order chi connectivity index (χ1) is 14.6. The molecule has 0 fully saturated rings. The van der Waals surface area contributed by atoms with E-state index in [0.29, 0.717) is 48.5 Å². The molecule has 0 aliphatic carbocycles. The van der Waals surface area contributed by atoms with Crippen LogP contribution in [0.15, 0.2) is 36.5 Å². The van der Waals surface area contributed by atoms with Gasteiger partial charge in [0.1, 0.15) is 17.0 Å². The van der Waals surface area contributed by atoms with Crippen LogP contribution in [0.2, 0.25) is 0 Å². The molecule has 7 nitrogen and oxygen atoms in total. The molecule has 3 aromatic rings. The Balaban J connectivity index is 1.58. The molecule has 158 valence electrons. The molecule has 0 saturated heterocycles. The first-order valence-electron chi connectivity index (χ1n) is 10.1. The fourth-order valence-electron chi connectivity index (χ4n) is 3.49. The molecule has 0 saturated carbocycles. The monoisotopic (exact) mass is 409 g/mol. The fourth-order valence-corrected chi connectivity index (χ4v) is 3.49. The average Bonchev–Trinajstić information content (AvgIpc) is 3.09. The normalized spacial score (nSPS) is 10.8. The van der Waals surface area contributed by atoms with Crippen molar-refractivity contribution >= 4 is 22.8 Å². The van der Waals surface area contributed by atoms with E-state index in [-0.39, 0.29) is 5.91 Å². The van der Waals surface area contributed by atoms with E-state index < -0.39 is 5.97 Å². The van der Waals surface area contributed by atoms with Crippen molar-refractivity contribution in [3.63, 3.8) is 0 Å². The number of benzene rings is 1. The van der Waals surface area contributed by atoms with Crippen molar-refractivity contribution in [2.24, 2.45) is 0 Å². The summed E-state index contributed by atoms with van der Waals surface area (Å²) in [5.74, 6) is 0.0687. The molecule has 0 aliphatic rings. The van der Waals surface area contributed by atoms with Gasteiger partial charge in [0.15, 0.2) is 0 Å². The van der Waals surface area contributed by atoms with Crippen LogP contribution in [0.1, 0.15) is 51.9 Å². The van der Waals surface area contributed by atoms with E-state index in [2.05, 4.69) is 15.3 Å². The molecule has 0 bridgehead atoms. The Kier molecular flexibility index (Phi) is 7.06. The van der Waals surface area contributed by atoms with E-state index >= 15 is 0 Å². The van der Waals surface area contributed by atoms with Crippen molar-refractivity contribution in [3.05, 3.63) is 59.0 Å². The molecule has 0 aliphatic heterocycles. The lowest BCUT2D eigenvalue weighted by atomic mass is 10.0. The van der Waals surface area contributed by atoms with Crippen LogP contribution in [0.5, 0.6) is 5.75 Å². The molecule has 2 aromatic heterocycles. The predicted molar refractivity (Wildman–Crippen MR) is 115 cm³/mol.